The van der Waals surface area contributed by atoms with Gasteiger partial charge in [0, 0.05) is 15.9 Å². The maximum Gasteiger partial charge on any atom is 0.108 e. The first-order valence-electron chi connectivity index (χ1n) is 3.50. The molecule has 0 aliphatic carbocycles. The second kappa shape index (κ2) is 5.02. The molecular weight excluding hydrogens is 258 g/mol. The summed E-state index contributed by atoms with van der Waals surface area (Å²) in [7, 11) is 1.92. The van der Waals surface area contributed by atoms with E-state index in [1.165, 1.54) is 4.88 Å². The molecule has 12 heavy (non-hydrogen) atoms. The maximum atomic E-state index is 5.86. The summed E-state index contributed by atoms with van der Waals surface area (Å²) in [5.41, 5.74) is 0. The van der Waals surface area contributed by atoms with Crippen LogP contribution >= 0.6 is 38.9 Å². The van der Waals surface area contributed by atoms with E-state index in [1.54, 1.807) is 11.3 Å². The summed E-state index contributed by atoms with van der Waals surface area (Å²) in [4.78, 5) is 1.17. The number of hydrogen-bond donors (Lipinski definition) is 1. The predicted octanol–water partition coefficient (Wildman–Crippen LogP) is 3.40. The van der Waals surface area contributed by atoms with Gasteiger partial charge in [-0.2, -0.15) is 0 Å². The van der Waals surface area contributed by atoms with Crippen molar-refractivity contribution >= 4 is 44.9 Å². The first kappa shape index (κ1) is 10.3. The number of hydrogen-bond acceptors (Lipinski definition) is 2. The molecule has 0 aliphatic rings. The molecule has 1 nitrogen and oxygen atoms in total. The highest BCUT2D eigenvalue weighted by Crippen LogP contribution is 2.32. The number of likely N-dealkylation sites (N-methyl/N-ethyl adjacent to an activating group) is 1. The van der Waals surface area contributed by atoms with Crippen LogP contribution in [0.15, 0.2) is 16.6 Å². The predicted molar refractivity (Wildman–Crippen MR) is 60.0 cm³/mol. The van der Waals surface area contributed by atoms with E-state index in [-0.39, 0.29) is 0 Å². The van der Waals surface area contributed by atoms with Crippen LogP contribution in [0.2, 0.25) is 4.34 Å². The van der Waals surface area contributed by atoms with Crippen LogP contribution in [0.25, 0.3) is 6.08 Å². The number of thiophene rings is 1. The SMILES string of the molecule is CNC/C=C/c1cc(Br)c(Cl)s1. The molecule has 66 valence electrons. The highest BCUT2D eigenvalue weighted by atomic mass is 79.9. The fourth-order valence-electron chi connectivity index (χ4n) is 0.738. The van der Waals surface area contributed by atoms with Crippen molar-refractivity contribution in [2.75, 3.05) is 13.6 Å². The fourth-order valence-corrected chi connectivity index (χ4v) is 2.41. The summed E-state index contributed by atoms with van der Waals surface area (Å²) in [6, 6.07) is 2.01. The number of nitrogens with one attached hydrogen (secondary N) is 1. The van der Waals surface area contributed by atoms with Crippen molar-refractivity contribution in [2.24, 2.45) is 0 Å². The van der Waals surface area contributed by atoms with Crippen molar-refractivity contribution in [3.8, 4) is 0 Å². The van der Waals surface area contributed by atoms with Crippen molar-refractivity contribution in [3.63, 3.8) is 0 Å². The summed E-state index contributed by atoms with van der Waals surface area (Å²) in [6.07, 6.45) is 4.12. The largest absolute Gasteiger partial charge is 0.316 e. The summed E-state index contributed by atoms with van der Waals surface area (Å²) in [6.45, 7) is 0.882. The molecule has 0 fully saturated rings. The lowest BCUT2D eigenvalue weighted by atomic mass is 10.4. The lowest BCUT2D eigenvalue weighted by Gasteiger charge is -1.86. The molecule has 0 saturated carbocycles. The molecule has 4 heteroatoms. The second-order valence-electron chi connectivity index (χ2n) is 2.23. The Morgan fingerprint density at radius 2 is 2.50 bits per heavy atom. The van der Waals surface area contributed by atoms with E-state index >= 15 is 0 Å². The van der Waals surface area contributed by atoms with Gasteiger partial charge in [-0.3, -0.25) is 0 Å². The minimum atomic E-state index is 0.805. The zero-order chi connectivity index (χ0) is 8.97. The Balaban J connectivity index is 2.64. The van der Waals surface area contributed by atoms with E-state index in [2.05, 4.69) is 33.4 Å². The highest BCUT2D eigenvalue weighted by molar-refractivity contribution is 9.10. The molecule has 0 unspecified atom stereocenters. The maximum absolute atomic E-state index is 5.86. The van der Waals surface area contributed by atoms with Gasteiger partial charge in [0.25, 0.3) is 0 Å². The van der Waals surface area contributed by atoms with Crippen LogP contribution in [0, 0.1) is 0 Å². The van der Waals surface area contributed by atoms with Crippen LogP contribution in [-0.2, 0) is 0 Å². The topological polar surface area (TPSA) is 12.0 Å². The molecule has 0 spiro atoms. The van der Waals surface area contributed by atoms with Crippen LogP contribution in [0.1, 0.15) is 4.88 Å². The van der Waals surface area contributed by atoms with Gasteiger partial charge in [-0.25, -0.2) is 0 Å². The molecule has 1 aromatic rings. The monoisotopic (exact) mass is 265 g/mol. The Bertz CT molecular complexity index is 263. The van der Waals surface area contributed by atoms with Crippen molar-refractivity contribution in [3.05, 3.63) is 25.8 Å². The Hall–Kier alpha value is 0.170. The summed E-state index contributed by atoms with van der Waals surface area (Å²) in [5, 5.41) is 3.03. The average Bonchev–Trinajstić information content (AvgIpc) is 2.32. The lowest BCUT2D eigenvalue weighted by Crippen LogP contribution is -2.03. The highest BCUT2D eigenvalue weighted by Gasteiger charge is 2.00. The Morgan fingerprint density at radius 1 is 1.75 bits per heavy atom. The summed E-state index contributed by atoms with van der Waals surface area (Å²) >= 11 is 10.8. The van der Waals surface area contributed by atoms with Gasteiger partial charge in [-0.05, 0) is 35.1 Å². The van der Waals surface area contributed by atoms with E-state index in [1.807, 2.05) is 13.1 Å². The summed E-state index contributed by atoms with van der Waals surface area (Å²) in [5.74, 6) is 0. The van der Waals surface area contributed by atoms with Crippen LogP contribution in [0.5, 0.6) is 0 Å². The molecule has 0 amide bonds. The third-order valence-electron chi connectivity index (χ3n) is 1.27. The van der Waals surface area contributed by atoms with Gasteiger partial charge in [0.1, 0.15) is 4.34 Å². The molecule has 0 aliphatic heterocycles. The van der Waals surface area contributed by atoms with Crippen LogP contribution in [0.4, 0.5) is 0 Å². The molecule has 1 aromatic heterocycles. The van der Waals surface area contributed by atoms with Crippen molar-refractivity contribution in [2.45, 2.75) is 0 Å². The standard InChI is InChI=1S/C8H9BrClNS/c1-11-4-2-3-6-5-7(9)8(10)12-6/h2-3,5,11H,4H2,1H3/b3-2+. The first-order chi connectivity index (χ1) is 5.74. The van der Waals surface area contributed by atoms with Gasteiger partial charge in [-0.15, -0.1) is 11.3 Å². The third-order valence-corrected chi connectivity index (χ3v) is 3.71. The van der Waals surface area contributed by atoms with Gasteiger partial charge in [0.05, 0.1) is 0 Å². The minimum Gasteiger partial charge on any atom is -0.316 e. The molecule has 0 saturated heterocycles. The fraction of sp³-hybridized carbons (Fsp3) is 0.250. The van der Waals surface area contributed by atoms with Gasteiger partial charge in [-0.1, -0.05) is 17.7 Å². The van der Waals surface area contributed by atoms with E-state index in [4.69, 9.17) is 11.6 Å². The first-order valence-corrected chi connectivity index (χ1v) is 5.48. The molecule has 1 heterocycles. The number of halogens is 2. The molecular formula is C8H9BrClNS. The van der Waals surface area contributed by atoms with Crippen molar-refractivity contribution in [1.82, 2.24) is 5.32 Å². The van der Waals surface area contributed by atoms with Gasteiger partial charge >= 0.3 is 0 Å². The van der Waals surface area contributed by atoms with E-state index in [0.29, 0.717) is 0 Å². The van der Waals surface area contributed by atoms with E-state index < -0.39 is 0 Å². The van der Waals surface area contributed by atoms with E-state index in [9.17, 15) is 0 Å². The normalized spacial score (nSPS) is 11.2. The van der Waals surface area contributed by atoms with Crippen LogP contribution in [0.3, 0.4) is 0 Å². The summed E-state index contributed by atoms with van der Waals surface area (Å²) < 4.78 is 1.78. The Morgan fingerprint density at radius 3 is 3.00 bits per heavy atom. The quantitative estimate of drug-likeness (QED) is 0.884. The third kappa shape index (κ3) is 2.90. The lowest BCUT2D eigenvalue weighted by molar-refractivity contribution is 0.922. The molecule has 1 N–H and O–H groups in total. The molecule has 0 radical (unpaired) electrons. The molecule has 0 aromatic carbocycles. The molecule has 1 rings (SSSR count). The number of rotatable bonds is 3. The molecule has 0 bridgehead atoms. The Kier molecular flexibility index (Phi) is 4.29. The Labute approximate surface area is 89.6 Å². The van der Waals surface area contributed by atoms with Crippen LogP contribution < -0.4 is 5.32 Å². The minimum absolute atomic E-state index is 0.805. The smallest absolute Gasteiger partial charge is 0.108 e. The van der Waals surface area contributed by atoms with Crippen molar-refractivity contribution in [1.29, 1.82) is 0 Å². The van der Waals surface area contributed by atoms with E-state index in [0.717, 1.165) is 15.4 Å². The van der Waals surface area contributed by atoms with Crippen LogP contribution in [-0.4, -0.2) is 13.6 Å². The average molecular weight is 267 g/mol. The zero-order valence-corrected chi connectivity index (χ0v) is 9.76. The van der Waals surface area contributed by atoms with Crippen molar-refractivity contribution < 1.29 is 0 Å². The van der Waals surface area contributed by atoms with Gasteiger partial charge in [0.15, 0.2) is 0 Å². The van der Waals surface area contributed by atoms with Gasteiger partial charge in [0.2, 0.25) is 0 Å². The molecule has 0 atom stereocenters. The zero-order valence-electron chi connectivity index (χ0n) is 6.60. The van der Waals surface area contributed by atoms with Gasteiger partial charge < -0.3 is 5.32 Å². The second-order valence-corrected chi connectivity index (χ2v) is 4.77.